The number of ether oxygens (including phenoxy) is 8. The quantitative estimate of drug-likeness (QED) is 0.0294. The number of benzene rings is 4. The normalized spacial score (nSPS) is 18.1. The molecule has 0 aliphatic carbocycles. The topological polar surface area (TPSA) is 218 Å². The molecular formula is C70H89ClF3N11O11S. The van der Waals surface area contributed by atoms with Gasteiger partial charge in [-0.3, -0.25) is 9.69 Å². The van der Waals surface area contributed by atoms with Gasteiger partial charge in [0.1, 0.15) is 39.6 Å². The molecule has 0 spiro atoms. The number of likely N-dealkylation sites (N-methyl/N-ethyl adjacent to an activating group) is 1. The molecule has 524 valence electrons. The Balaban J connectivity index is 0.625. The van der Waals surface area contributed by atoms with Crippen LogP contribution in [0.1, 0.15) is 81.7 Å². The molecule has 2 fully saturated rings. The molecule has 4 aliphatic heterocycles. The van der Waals surface area contributed by atoms with Crippen molar-refractivity contribution in [2.75, 3.05) is 155 Å². The number of nitrogens with one attached hydrogen (secondary N) is 1. The van der Waals surface area contributed by atoms with Gasteiger partial charge in [-0.05, 0) is 107 Å². The summed E-state index contributed by atoms with van der Waals surface area (Å²) in [6.45, 7) is 17.8. The average Bonchev–Trinajstić information content (AvgIpc) is 1.67. The van der Waals surface area contributed by atoms with Gasteiger partial charge in [-0.25, -0.2) is 22.8 Å². The Morgan fingerprint density at radius 2 is 1.49 bits per heavy atom. The predicted molar refractivity (Wildman–Crippen MR) is 365 cm³/mol. The minimum absolute atomic E-state index is 0.0307. The van der Waals surface area contributed by atoms with Gasteiger partial charge in [0.15, 0.2) is 5.83 Å². The summed E-state index contributed by atoms with van der Waals surface area (Å²) in [5.74, 6) is -2.47. The van der Waals surface area contributed by atoms with Gasteiger partial charge in [-0.15, -0.1) is 0 Å². The number of hydrogen-bond acceptors (Lipinski definition) is 19. The standard InChI is InChI=1S/C70H89ClF3N11O11S/c1-50(72)65(86)84-32-31-83(47-54(84)23-26-75)63-56-24-30-82(61-20-10-15-51-14-9-19-58(71)62(51)61)48-60(56)77-66(78-63)95-49-55-18-11-28-81(55)29-13-34-89-36-38-91-40-42-93-44-45-94-43-41-92-39-37-90-35-33-80(5)68(88)85-70(52-16-7-6-8-17-52,25-12-27-76-67(87)96-69(2,3)4)97-64(79-85)57-46-53(73)21-22-59(57)74/h6-10,14-17,19-22,46,54-55H,1,11-13,18,23-25,27-45,47-49H2,2-5H3,(H,76,87)/t54-,55-,70-/m0/s1. The predicted octanol–water partition coefficient (Wildman–Crippen LogP) is 10.5. The Kier molecular flexibility index (Phi) is 27.8. The van der Waals surface area contributed by atoms with Gasteiger partial charge in [-0.2, -0.15) is 25.3 Å². The van der Waals surface area contributed by atoms with Crippen LogP contribution in [0.4, 0.5) is 34.3 Å². The number of rotatable bonds is 35. The molecule has 4 aliphatic rings. The second-order valence-corrected chi connectivity index (χ2v) is 26.6. The number of likely N-dealkylation sites (tertiary alicyclic amines) is 1. The minimum Gasteiger partial charge on any atom is -0.462 e. The van der Waals surface area contributed by atoms with E-state index in [4.69, 9.17) is 59.5 Å². The number of thioether (sulfide) groups is 1. The summed E-state index contributed by atoms with van der Waals surface area (Å²) >= 11 is 7.95. The first kappa shape index (κ1) is 73.9. The number of fused-ring (bicyclic) bond motifs is 2. The molecule has 0 bridgehead atoms. The lowest BCUT2D eigenvalue weighted by atomic mass is 10.0. The van der Waals surface area contributed by atoms with Gasteiger partial charge in [-0.1, -0.05) is 84.5 Å². The highest BCUT2D eigenvalue weighted by atomic mass is 35.5. The first-order valence-electron chi connectivity index (χ1n) is 33.2. The van der Waals surface area contributed by atoms with E-state index in [0.717, 1.165) is 90.0 Å². The van der Waals surface area contributed by atoms with Gasteiger partial charge in [0.05, 0.1) is 108 Å². The molecule has 4 amide bonds. The summed E-state index contributed by atoms with van der Waals surface area (Å²) in [4.78, 5) is 58.1. The van der Waals surface area contributed by atoms with Gasteiger partial charge < -0.3 is 62.8 Å². The zero-order valence-electron chi connectivity index (χ0n) is 55.8. The van der Waals surface area contributed by atoms with E-state index in [0.29, 0.717) is 135 Å². The van der Waals surface area contributed by atoms with Gasteiger partial charge in [0.25, 0.3) is 5.91 Å². The van der Waals surface area contributed by atoms with Crippen molar-refractivity contribution in [3.8, 4) is 12.1 Å². The van der Waals surface area contributed by atoms with Crippen molar-refractivity contribution in [1.82, 2.24) is 35.0 Å². The molecule has 0 saturated carbocycles. The third-order valence-electron chi connectivity index (χ3n) is 16.9. The van der Waals surface area contributed by atoms with Crippen LogP contribution in [-0.4, -0.2) is 216 Å². The van der Waals surface area contributed by atoms with Crippen LogP contribution < -0.4 is 19.9 Å². The number of carbonyl (C=O) groups is 3. The lowest BCUT2D eigenvalue weighted by Crippen LogP contribution is -2.55. The number of piperazine rings is 1. The summed E-state index contributed by atoms with van der Waals surface area (Å²) in [6, 6.07) is 26.0. The number of hydrogen-bond donors (Lipinski definition) is 1. The maximum atomic E-state index is 15.3. The minimum atomic E-state index is -1.18. The Labute approximate surface area is 575 Å². The maximum Gasteiger partial charge on any atom is 0.407 e. The highest BCUT2D eigenvalue weighted by Crippen LogP contribution is 2.51. The number of amides is 4. The lowest BCUT2D eigenvalue weighted by molar-refractivity contribution is -0.131. The second kappa shape index (κ2) is 36.5. The molecule has 1 aromatic heterocycles. The first-order valence-corrected chi connectivity index (χ1v) is 34.4. The van der Waals surface area contributed by atoms with Crippen molar-refractivity contribution < 1.29 is 65.4 Å². The Bertz CT molecular complexity index is 3520. The maximum absolute atomic E-state index is 15.3. The molecule has 5 aromatic rings. The van der Waals surface area contributed by atoms with Crippen molar-refractivity contribution in [1.29, 1.82) is 5.26 Å². The van der Waals surface area contributed by atoms with Crippen LogP contribution in [0.3, 0.4) is 0 Å². The summed E-state index contributed by atoms with van der Waals surface area (Å²) < 4.78 is 90.2. The van der Waals surface area contributed by atoms with Crippen LogP contribution in [0, 0.1) is 23.0 Å². The number of aromatic nitrogens is 2. The zero-order chi connectivity index (χ0) is 68.7. The highest BCUT2D eigenvalue weighted by Gasteiger charge is 2.50. The van der Waals surface area contributed by atoms with E-state index in [9.17, 15) is 28.4 Å². The fourth-order valence-electron chi connectivity index (χ4n) is 12.2. The van der Waals surface area contributed by atoms with Crippen molar-refractivity contribution in [3.63, 3.8) is 0 Å². The van der Waals surface area contributed by atoms with Crippen LogP contribution in [0.2, 0.25) is 5.02 Å². The molecule has 2 saturated heterocycles. The molecule has 3 atom stereocenters. The SMILES string of the molecule is C=C(F)C(=O)N1CCN(c2nc(OC[C@@H]3CCCN3CCCOCCOCCOCCOCCOCCOCCN(C)C(=O)N3N=C(c4cc(F)ccc4F)S[C@@]3(CCCNC(=O)OC(C)(C)C)c3ccccc3)nc3c2CCN(c2cccc4cccc(Cl)c24)C3)C[C@@H]1CC#N. The highest BCUT2D eigenvalue weighted by molar-refractivity contribution is 8.15. The fraction of sp³-hybridized carbons (Fsp3) is 0.529. The number of anilines is 2. The second-order valence-electron chi connectivity index (χ2n) is 24.9. The fourth-order valence-corrected chi connectivity index (χ4v) is 13.9. The van der Waals surface area contributed by atoms with Gasteiger partial charge in [0, 0.05) is 87.7 Å². The van der Waals surface area contributed by atoms with Crippen molar-refractivity contribution in [2.24, 2.45) is 5.10 Å². The van der Waals surface area contributed by atoms with Crippen LogP contribution in [0.15, 0.2) is 102 Å². The van der Waals surface area contributed by atoms with Gasteiger partial charge in [0.2, 0.25) is 0 Å². The largest absolute Gasteiger partial charge is 0.462 e. The average molecular weight is 1390 g/mol. The monoisotopic (exact) mass is 1380 g/mol. The number of alkyl carbamates (subject to hydrolysis) is 1. The number of halogens is 4. The number of nitrogens with zero attached hydrogens (tertiary/aromatic N) is 10. The van der Waals surface area contributed by atoms with E-state index < -0.39 is 52.0 Å². The van der Waals surface area contributed by atoms with Crippen molar-refractivity contribution in [3.05, 3.63) is 136 Å². The number of carbonyl (C=O) groups excluding carboxylic acids is 3. The Morgan fingerprint density at radius 1 is 0.814 bits per heavy atom. The van der Waals surface area contributed by atoms with Crippen molar-refractivity contribution >= 4 is 68.7 Å². The summed E-state index contributed by atoms with van der Waals surface area (Å²) in [5.41, 5.74) is 2.78. The summed E-state index contributed by atoms with van der Waals surface area (Å²) in [7, 11) is 1.62. The number of hydrazone groups is 1. The molecule has 4 aromatic carbocycles. The zero-order valence-corrected chi connectivity index (χ0v) is 57.4. The van der Waals surface area contributed by atoms with E-state index >= 15 is 4.39 Å². The van der Waals surface area contributed by atoms with Crippen LogP contribution in [-0.2, 0) is 55.8 Å². The van der Waals surface area contributed by atoms with E-state index in [1.165, 1.54) is 14.8 Å². The molecule has 0 unspecified atom stereocenters. The first-order chi connectivity index (χ1) is 46.9. The number of nitriles is 1. The molecule has 22 nitrogen and oxygen atoms in total. The molecule has 97 heavy (non-hydrogen) atoms. The van der Waals surface area contributed by atoms with E-state index in [-0.39, 0.29) is 61.9 Å². The van der Waals surface area contributed by atoms with Crippen LogP contribution >= 0.6 is 23.4 Å². The van der Waals surface area contributed by atoms with E-state index in [1.807, 2.05) is 48.5 Å². The summed E-state index contributed by atoms with van der Waals surface area (Å²) in [6.07, 6.45) is 3.62. The molecule has 9 rings (SSSR count). The van der Waals surface area contributed by atoms with E-state index in [2.05, 4.69) is 56.0 Å². The third-order valence-corrected chi connectivity index (χ3v) is 18.7. The Hall–Kier alpha value is -7.32. The lowest BCUT2D eigenvalue weighted by Gasteiger charge is -2.42. The van der Waals surface area contributed by atoms with Crippen molar-refractivity contribution in [2.45, 2.75) is 94.8 Å². The van der Waals surface area contributed by atoms with E-state index in [1.54, 1.807) is 27.8 Å². The molecule has 5 heterocycles. The molecule has 27 heteroatoms. The third kappa shape index (κ3) is 20.6. The Morgan fingerprint density at radius 3 is 2.18 bits per heavy atom. The smallest absolute Gasteiger partial charge is 0.407 e. The van der Waals surface area contributed by atoms with Crippen LogP contribution in [0.5, 0.6) is 6.01 Å². The van der Waals surface area contributed by atoms with Crippen LogP contribution in [0.25, 0.3) is 10.8 Å². The molecule has 1 N–H and O–H groups in total. The van der Waals surface area contributed by atoms with Gasteiger partial charge >= 0.3 is 18.1 Å². The molecule has 0 radical (unpaired) electrons. The number of urea groups is 1. The molecular weight excluding hydrogens is 1300 g/mol. The summed E-state index contributed by atoms with van der Waals surface area (Å²) in [5, 5.41) is 21.3.